The highest BCUT2D eigenvalue weighted by Gasteiger charge is 2.65. The van der Waals surface area contributed by atoms with Gasteiger partial charge in [-0.15, -0.1) is 0 Å². The summed E-state index contributed by atoms with van der Waals surface area (Å²) in [5, 5.41) is 0. The average molecular weight is 212 g/mol. The molecule has 8 atom stereocenters. The van der Waals surface area contributed by atoms with Crippen molar-refractivity contribution < 1.29 is 4.79 Å². The lowest BCUT2D eigenvalue weighted by Gasteiger charge is -2.28. The summed E-state index contributed by atoms with van der Waals surface area (Å²) in [6.07, 6.45) is 12.1. The fourth-order valence-electron chi connectivity index (χ4n) is 5.79. The van der Waals surface area contributed by atoms with E-state index in [1.54, 1.807) is 0 Å². The van der Waals surface area contributed by atoms with Crippen molar-refractivity contribution in [3.8, 4) is 0 Å². The highest BCUT2D eigenvalue weighted by atomic mass is 16.1. The van der Waals surface area contributed by atoms with Gasteiger partial charge < -0.3 is 0 Å². The van der Waals surface area contributed by atoms with Crippen molar-refractivity contribution in [3.05, 3.63) is 24.3 Å². The summed E-state index contributed by atoms with van der Waals surface area (Å²) in [4.78, 5) is 12.6. The average Bonchev–Trinajstić information content (AvgIpc) is 2.98. The van der Waals surface area contributed by atoms with E-state index in [1.807, 2.05) is 0 Å². The molecule has 1 heteroatoms. The van der Waals surface area contributed by atoms with E-state index < -0.39 is 0 Å². The van der Waals surface area contributed by atoms with E-state index in [1.165, 1.54) is 12.8 Å². The van der Waals surface area contributed by atoms with Crippen LogP contribution in [0.25, 0.3) is 0 Å². The van der Waals surface area contributed by atoms with E-state index in [4.69, 9.17) is 0 Å². The maximum Gasteiger partial charge on any atom is 0.140 e. The number of ketones is 1. The van der Waals surface area contributed by atoms with E-state index >= 15 is 0 Å². The third-order valence-corrected chi connectivity index (χ3v) is 6.14. The van der Waals surface area contributed by atoms with Crippen LogP contribution in [-0.2, 0) is 4.79 Å². The Morgan fingerprint density at radius 1 is 0.750 bits per heavy atom. The largest absolute Gasteiger partial charge is 0.299 e. The van der Waals surface area contributed by atoms with Crippen LogP contribution in [0.4, 0.5) is 0 Å². The van der Waals surface area contributed by atoms with Crippen LogP contribution in [-0.4, -0.2) is 5.78 Å². The van der Waals surface area contributed by atoms with Crippen molar-refractivity contribution in [2.24, 2.45) is 47.3 Å². The number of carbonyl (C=O) groups excluding carboxylic acids is 1. The highest BCUT2D eigenvalue weighted by Crippen LogP contribution is 2.66. The molecular formula is C15H16O. The molecule has 1 nitrogen and oxygen atoms in total. The van der Waals surface area contributed by atoms with Gasteiger partial charge >= 0.3 is 0 Å². The number of Topliss-reactive ketones (excluding diaryl/α,β-unsaturated/α-hetero) is 1. The molecule has 3 saturated carbocycles. The van der Waals surface area contributed by atoms with Gasteiger partial charge in [-0.05, 0) is 48.3 Å². The minimum Gasteiger partial charge on any atom is -0.299 e. The van der Waals surface area contributed by atoms with Crippen molar-refractivity contribution in [1.29, 1.82) is 0 Å². The summed E-state index contributed by atoms with van der Waals surface area (Å²) < 4.78 is 0. The Kier molecular flexibility index (Phi) is 1.22. The molecule has 0 heterocycles. The van der Waals surface area contributed by atoms with Crippen LogP contribution in [0, 0.1) is 47.3 Å². The molecule has 0 aromatic heterocycles. The third kappa shape index (κ3) is 0.687. The van der Waals surface area contributed by atoms with E-state index in [0.717, 1.165) is 23.7 Å². The molecule has 0 unspecified atom stereocenters. The molecule has 5 aliphatic rings. The minimum absolute atomic E-state index is 0.426. The van der Waals surface area contributed by atoms with Gasteiger partial charge in [-0.3, -0.25) is 4.79 Å². The molecule has 82 valence electrons. The van der Waals surface area contributed by atoms with Gasteiger partial charge in [0.05, 0.1) is 0 Å². The number of fused-ring (bicyclic) bond motifs is 11. The standard InChI is InChI=1S/C15H16O/c16-15-13-9-3-1-7(5-9)11(13)12-8-2-4-10(6-8)14(12)15/h1-4,7-14H,5-6H2/t7-,8-,9+,10+,11+,12+,13+,14+/m1/s1. The Hall–Kier alpha value is -0.850. The lowest BCUT2D eigenvalue weighted by Crippen LogP contribution is -2.24. The van der Waals surface area contributed by atoms with Crippen LogP contribution in [0.3, 0.4) is 0 Å². The van der Waals surface area contributed by atoms with E-state index in [-0.39, 0.29) is 0 Å². The predicted octanol–water partition coefficient (Wildman–Crippen LogP) is 2.45. The topological polar surface area (TPSA) is 17.1 Å². The van der Waals surface area contributed by atoms with Gasteiger partial charge in [0.25, 0.3) is 0 Å². The highest BCUT2D eigenvalue weighted by molar-refractivity contribution is 5.89. The first-order chi connectivity index (χ1) is 7.84. The minimum atomic E-state index is 0.426. The lowest BCUT2D eigenvalue weighted by atomic mass is 9.75. The predicted molar refractivity (Wildman–Crippen MR) is 60.4 cm³/mol. The first-order valence-electron chi connectivity index (χ1n) is 6.75. The second-order valence-electron chi connectivity index (χ2n) is 6.51. The molecule has 0 amide bonds. The summed E-state index contributed by atoms with van der Waals surface area (Å²) in [5.41, 5.74) is 0. The molecule has 0 radical (unpaired) electrons. The number of allylic oxidation sites excluding steroid dienone is 4. The van der Waals surface area contributed by atoms with Crippen molar-refractivity contribution in [2.75, 3.05) is 0 Å². The van der Waals surface area contributed by atoms with Crippen molar-refractivity contribution in [3.63, 3.8) is 0 Å². The van der Waals surface area contributed by atoms with Crippen molar-refractivity contribution in [2.45, 2.75) is 12.8 Å². The second-order valence-corrected chi connectivity index (χ2v) is 6.51. The SMILES string of the molecule is O=C1[C@@H]2[C@H]([C@H]3[C@@H]1[C@H]1C=C[C@@H]3C1)[C@@H]1C=C[C@H]2C1. The van der Waals surface area contributed by atoms with Crippen LogP contribution >= 0.6 is 0 Å². The fourth-order valence-corrected chi connectivity index (χ4v) is 5.79. The Bertz CT molecular complexity index is 406. The van der Waals surface area contributed by atoms with Crippen LogP contribution in [0.1, 0.15) is 12.8 Å². The van der Waals surface area contributed by atoms with Crippen molar-refractivity contribution in [1.82, 2.24) is 0 Å². The van der Waals surface area contributed by atoms with Crippen LogP contribution in [0.15, 0.2) is 24.3 Å². The van der Waals surface area contributed by atoms with Gasteiger partial charge in [0.15, 0.2) is 0 Å². The van der Waals surface area contributed by atoms with E-state index in [2.05, 4.69) is 24.3 Å². The van der Waals surface area contributed by atoms with E-state index in [0.29, 0.717) is 29.5 Å². The summed E-state index contributed by atoms with van der Waals surface area (Å²) in [6.45, 7) is 0. The van der Waals surface area contributed by atoms with Gasteiger partial charge in [-0.25, -0.2) is 0 Å². The van der Waals surface area contributed by atoms with Crippen LogP contribution in [0.5, 0.6) is 0 Å². The molecule has 16 heavy (non-hydrogen) atoms. The zero-order valence-corrected chi connectivity index (χ0v) is 9.25. The Morgan fingerprint density at radius 3 is 1.69 bits per heavy atom. The van der Waals surface area contributed by atoms with Crippen molar-refractivity contribution >= 4 is 5.78 Å². The summed E-state index contributed by atoms with van der Waals surface area (Å²) >= 11 is 0. The smallest absolute Gasteiger partial charge is 0.140 e. The summed E-state index contributed by atoms with van der Waals surface area (Å²) in [6, 6.07) is 0. The molecule has 4 bridgehead atoms. The molecule has 0 aromatic rings. The zero-order chi connectivity index (χ0) is 10.4. The van der Waals surface area contributed by atoms with Gasteiger partial charge in [-0.2, -0.15) is 0 Å². The second kappa shape index (κ2) is 2.37. The molecule has 0 N–H and O–H groups in total. The fraction of sp³-hybridized carbons (Fsp3) is 0.667. The molecule has 0 aliphatic heterocycles. The molecule has 0 spiro atoms. The molecule has 5 aliphatic carbocycles. The van der Waals surface area contributed by atoms with Gasteiger partial charge in [0.1, 0.15) is 5.78 Å². The Morgan fingerprint density at radius 2 is 1.19 bits per heavy atom. The van der Waals surface area contributed by atoms with Gasteiger partial charge in [0.2, 0.25) is 0 Å². The van der Waals surface area contributed by atoms with Gasteiger partial charge in [0, 0.05) is 11.8 Å². The van der Waals surface area contributed by atoms with Crippen LogP contribution in [0.2, 0.25) is 0 Å². The lowest BCUT2D eigenvalue weighted by molar-refractivity contribution is -0.125. The number of carbonyl (C=O) groups is 1. The molecule has 0 aromatic carbocycles. The summed E-state index contributed by atoms with van der Waals surface area (Å²) in [7, 11) is 0. The maximum atomic E-state index is 12.6. The first-order valence-corrected chi connectivity index (χ1v) is 6.75. The Balaban J connectivity index is 1.67. The number of rotatable bonds is 0. The van der Waals surface area contributed by atoms with Crippen LogP contribution < -0.4 is 0 Å². The molecule has 3 fully saturated rings. The van der Waals surface area contributed by atoms with E-state index in [9.17, 15) is 4.79 Å². The monoisotopic (exact) mass is 212 g/mol. The summed E-state index contributed by atoms with van der Waals surface area (Å²) in [5.74, 6) is 5.69. The maximum absolute atomic E-state index is 12.6. The third-order valence-electron chi connectivity index (χ3n) is 6.14. The first kappa shape index (κ1) is 8.27. The zero-order valence-electron chi connectivity index (χ0n) is 9.25. The number of hydrogen-bond donors (Lipinski definition) is 0. The van der Waals surface area contributed by atoms with Gasteiger partial charge in [-0.1, -0.05) is 24.3 Å². The molecule has 0 saturated heterocycles. The Labute approximate surface area is 95.6 Å². The molecular weight excluding hydrogens is 196 g/mol. The quantitative estimate of drug-likeness (QED) is 0.564. The molecule has 5 rings (SSSR count). The normalized spacial score (nSPS) is 63.4. The number of hydrogen-bond acceptors (Lipinski definition) is 1.